The quantitative estimate of drug-likeness (QED) is 0.107. The van der Waals surface area contributed by atoms with Crippen molar-refractivity contribution in [3.05, 3.63) is 21.7 Å². The monoisotopic (exact) mass is 521 g/mol. The Balaban J connectivity index is 0.00000306. The molecule has 3 aliphatic rings. The molecule has 2 atom stereocenters. The number of carboxylic acid groups (broad SMARTS) is 1. The van der Waals surface area contributed by atoms with Crippen molar-refractivity contribution in [2.24, 2.45) is 11.1 Å². The number of nitrogens with one attached hydrogen (secondary N) is 1. The number of carboxylic acids is 1. The number of nitrogens with zero attached hydrogens (tertiary/aromatic N) is 3. The summed E-state index contributed by atoms with van der Waals surface area (Å²) < 4.78 is 5.35. The topological polar surface area (TPSA) is 170 Å². The van der Waals surface area contributed by atoms with Crippen molar-refractivity contribution in [3.63, 3.8) is 0 Å². The first kappa shape index (κ1) is 26.3. The Morgan fingerprint density at radius 3 is 2.76 bits per heavy atom. The molecule has 3 aliphatic heterocycles. The van der Waals surface area contributed by atoms with E-state index in [9.17, 15) is 24.7 Å². The minimum Gasteiger partial charge on any atom is -0.543 e. The van der Waals surface area contributed by atoms with Crippen LogP contribution in [0.5, 0.6) is 0 Å². The van der Waals surface area contributed by atoms with Gasteiger partial charge in [0.2, 0.25) is 0 Å². The number of aromatic nitrogens is 1. The van der Waals surface area contributed by atoms with Crippen molar-refractivity contribution in [1.82, 2.24) is 15.2 Å². The normalized spacial score (nSPS) is 23.5. The van der Waals surface area contributed by atoms with Gasteiger partial charge in [0.05, 0.1) is 11.7 Å². The summed E-state index contributed by atoms with van der Waals surface area (Å²) >= 11 is 3.87. The van der Waals surface area contributed by atoms with Crippen LogP contribution >= 0.6 is 34.9 Å². The molecule has 15 heteroatoms. The van der Waals surface area contributed by atoms with Crippen molar-refractivity contribution in [2.75, 3.05) is 30.5 Å². The number of thiazole rings is 1. The minimum absolute atomic E-state index is 0. The summed E-state index contributed by atoms with van der Waals surface area (Å²) in [6, 6.07) is -0.961. The third-order valence-corrected chi connectivity index (χ3v) is 8.79. The fourth-order valence-corrected chi connectivity index (χ4v) is 7.01. The van der Waals surface area contributed by atoms with Gasteiger partial charge in [-0.25, -0.2) is 4.98 Å². The summed E-state index contributed by atoms with van der Waals surface area (Å²) in [5.41, 5.74) is 5.11. The minimum atomic E-state index is -1.42. The number of thioether (sulfide) groups is 2. The Hall–Kier alpha value is -1.29. The molecule has 11 nitrogen and oxygen atoms in total. The van der Waals surface area contributed by atoms with E-state index >= 15 is 0 Å². The van der Waals surface area contributed by atoms with Gasteiger partial charge in [0, 0.05) is 35.0 Å². The van der Waals surface area contributed by atoms with Crippen LogP contribution in [-0.2, 0) is 19.1 Å². The van der Waals surface area contributed by atoms with E-state index in [4.69, 9.17) is 10.5 Å². The third-order valence-electron chi connectivity index (χ3n) is 5.33. The van der Waals surface area contributed by atoms with Gasteiger partial charge >= 0.3 is 29.6 Å². The molecule has 1 aromatic rings. The van der Waals surface area contributed by atoms with Gasteiger partial charge in [-0.1, -0.05) is 5.16 Å². The summed E-state index contributed by atoms with van der Waals surface area (Å²) in [6.07, 6.45) is 1.85. The third kappa shape index (κ3) is 5.52. The number of fused-ring (bicyclic) bond motifs is 1. The van der Waals surface area contributed by atoms with E-state index in [1.165, 1.54) is 28.9 Å². The summed E-state index contributed by atoms with van der Waals surface area (Å²) in [7, 11) is 0. The largest absolute Gasteiger partial charge is 1.00 e. The summed E-state index contributed by atoms with van der Waals surface area (Å²) in [4.78, 5) is 42.8. The summed E-state index contributed by atoms with van der Waals surface area (Å²) in [5.74, 6) is -1.22. The molecule has 0 bridgehead atoms. The van der Waals surface area contributed by atoms with Gasteiger partial charge in [-0.05, 0) is 18.8 Å². The van der Waals surface area contributed by atoms with Crippen LogP contribution in [-0.4, -0.2) is 74.7 Å². The maximum atomic E-state index is 12.8. The van der Waals surface area contributed by atoms with Crippen molar-refractivity contribution in [1.29, 1.82) is 0 Å². The number of amides is 2. The van der Waals surface area contributed by atoms with Crippen LogP contribution in [0, 0.1) is 5.92 Å². The van der Waals surface area contributed by atoms with Gasteiger partial charge < -0.3 is 30.9 Å². The van der Waals surface area contributed by atoms with Crippen LogP contribution < -0.4 is 45.7 Å². The molecule has 4 N–H and O–H groups in total. The number of hydrogen-bond acceptors (Lipinski definition) is 12. The molecule has 2 fully saturated rings. The maximum Gasteiger partial charge on any atom is 1.00 e. The number of nitrogens with two attached hydrogens (primary N) is 1. The summed E-state index contributed by atoms with van der Waals surface area (Å²) in [6.45, 7) is 1.40. The second kappa shape index (κ2) is 11.4. The molecule has 4 heterocycles. The molecule has 33 heavy (non-hydrogen) atoms. The summed E-state index contributed by atoms with van der Waals surface area (Å²) in [5, 5.41) is 27.6. The van der Waals surface area contributed by atoms with Crippen molar-refractivity contribution >= 4 is 63.5 Å². The number of anilines is 1. The average molecular weight is 522 g/mol. The van der Waals surface area contributed by atoms with E-state index < -0.39 is 29.2 Å². The molecule has 1 unspecified atom stereocenters. The molecule has 0 aromatic carbocycles. The average Bonchev–Trinajstić information content (AvgIpc) is 3.22. The Labute approximate surface area is 223 Å². The molecule has 0 spiro atoms. The number of oxime groups is 1. The van der Waals surface area contributed by atoms with Crippen LogP contribution in [0.25, 0.3) is 0 Å². The fraction of sp³-hybridized carbons (Fsp3) is 0.500. The zero-order chi connectivity index (χ0) is 22.8. The van der Waals surface area contributed by atoms with Gasteiger partial charge in [-0.3, -0.25) is 14.5 Å². The molecule has 172 valence electrons. The number of β-lactam (4-membered cyclic amide) rings is 1. The van der Waals surface area contributed by atoms with Crippen molar-refractivity contribution < 1.29 is 59.0 Å². The molecule has 2 saturated heterocycles. The van der Waals surface area contributed by atoms with E-state index in [0.29, 0.717) is 29.8 Å². The Morgan fingerprint density at radius 1 is 1.42 bits per heavy atom. The van der Waals surface area contributed by atoms with Crippen LogP contribution in [0.2, 0.25) is 0 Å². The predicted molar refractivity (Wildman–Crippen MR) is 118 cm³/mol. The number of carbonyl (C=O) groups excluding carboxylic acids is 3. The molecule has 4 rings (SSSR count). The van der Waals surface area contributed by atoms with Crippen LogP contribution in [0.3, 0.4) is 0 Å². The van der Waals surface area contributed by atoms with Gasteiger partial charge in [-0.15, -0.1) is 34.9 Å². The van der Waals surface area contributed by atoms with Crippen molar-refractivity contribution in [2.45, 2.75) is 24.3 Å². The maximum absolute atomic E-state index is 12.8. The first-order chi connectivity index (χ1) is 15.4. The van der Waals surface area contributed by atoms with Crippen LogP contribution in [0.1, 0.15) is 18.5 Å². The number of hydrogen-bond donors (Lipinski definition) is 3. The van der Waals surface area contributed by atoms with E-state index in [-0.39, 0.29) is 51.8 Å². The van der Waals surface area contributed by atoms with E-state index in [2.05, 4.69) is 15.5 Å². The van der Waals surface area contributed by atoms with Gasteiger partial charge in [-0.2, -0.15) is 0 Å². The Morgan fingerprint density at radius 2 is 2.15 bits per heavy atom. The number of ether oxygens (including phenoxy) is 1. The Bertz CT molecular complexity index is 996. The molecular formula is C18H20N5NaO6S3. The second-order valence-electron chi connectivity index (χ2n) is 7.31. The number of carbonyl (C=O) groups is 3. The van der Waals surface area contributed by atoms with Crippen LogP contribution in [0.4, 0.5) is 5.13 Å². The molecule has 0 saturated carbocycles. The zero-order valence-corrected chi connectivity index (χ0v) is 22.1. The van der Waals surface area contributed by atoms with Gasteiger partial charge in [0.15, 0.2) is 10.8 Å². The molecular weight excluding hydrogens is 501 g/mol. The zero-order valence-electron chi connectivity index (χ0n) is 17.7. The Kier molecular flexibility index (Phi) is 9.11. The van der Waals surface area contributed by atoms with Gasteiger partial charge in [0.1, 0.15) is 17.1 Å². The van der Waals surface area contributed by atoms with Crippen LogP contribution in [0.15, 0.2) is 21.1 Å². The molecule has 1 aromatic heterocycles. The number of nitrogen functional groups attached to an aromatic ring is 1. The SMILES string of the molecule is Nc1nc(/C(=N/O)C(=O)NC2C(=O)N3C(C(=O)[O-])=C(SCC4CCOCC4)CS[C@@H]23)cs1.[Na+]. The number of aliphatic carboxylic acids is 1. The first-order valence-corrected chi connectivity index (χ1v) is 12.7. The molecule has 0 radical (unpaired) electrons. The molecule has 2 amide bonds. The van der Waals surface area contributed by atoms with Crippen molar-refractivity contribution in [3.8, 4) is 0 Å². The van der Waals surface area contributed by atoms with E-state index in [1.807, 2.05) is 0 Å². The first-order valence-electron chi connectivity index (χ1n) is 9.74. The fourth-order valence-electron chi connectivity index (χ4n) is 3.64. The standard InChI is InChI=1S/C18H21N5O6S3.Na/c19-18-20-9(6-32-18)11(22-28)14(24)21-12-15(25)23-13(17(26)27)10(7-31-16(12)23)30-5-8-1-3-29-4-2-8;/h6,8,12,16,28H,1-5,7H2,(H2,19,20)(H,21,24)(H,26,27);/q;+1/p-1/b22-11-;/t12?,16-;/m0./s1. The molecule has 0 aliphatic carbocycles. The van der Waals surface area contributed by atoms with E-state index in [0.717, 1.165) is 34.8 Å². The predicted octanol–water partition coefficient (Wildman–Crippen LogP) is -3.57. The number of rotatable bonds is 7. The van der Waals surface area contributed by atoms with E-state index in [1.54, 1.807) is 0 Å². The van der Waals surface area contributed by atoms with Gasteiger partial charge in [0.25, 0.3) is 11.8 Å². The smallest absolute Gasteiger partial charge is 0.543 e. The second-order valence-corrected chi connectivity index (χ2v) is 10.4.